The zero-order valence-corrected chi connectivity index (χ0v) is 17.6. The lowest BCUT2D eigenvalue weighted by Crippen LogP contribution is -2.18. The number of amides is 1. The molecule has 0 radical (unpaired) electrons. The van der Waals surface area contributed by atoms with Crippen molar-refractivity contribution in [1.82, 2.24) is 19.7 Å². The molecular weight excluding hydrogens is 386 g/mol. The van der Waals surface area contributed by atoms with Gasteiger partial charge in [0.2, 0.25) is 5.91 Å². The predicted octanol–water partition coefficient (Wildman–Crippen LogP) is 3.84. The van der Waals surface area contributed by atoms with Crippen molar-refractivity contribution >= 4 is 29.1 Å². The van der Waals surface area contributed by atoms with Crippen LogP contribution in [0.5, 0.6) is 0 Å². The number of ketones is 1. The highest BCUT2D eigenvalue weighted by atomic mass is 32.2. The lowest BCUT2D eigenvalue weighted by atomic mass is 10.1. The molecule has 7 nitrogen and oxygen atoms in total. The Morgan fingerprint density at radius 1 is 1.07 bits per heavy atom. The van der Waals surface area contributed by atoms with Gasteiger partial charge >= 0.3 is 0 Å². The number of anilines is 1. The zero-order valence-electron chi connectivity index (χ0n) is 16.8. The second-order valence-electron chi connectivity index (χ2n) is 6.95. The summed E-state index contributed by atoms with van der Waals surface area (Å²) in [4.78, 5) is 28.7. The standard InChI is InChI=1S/C21H23N5O2S/c1-13(2)20(28)23-17-9-7-15(8-10-17)18(27)14(3)29-21-25-24-19(26(21)4)16-6-5-11-22-12-16/h5-14H,1-4H3,(H,23,28). The van der Waals surface area contributed by atoms with Crippen molar-refractivity contribution in [3.63, 3.8) is 0 Å². The Morgan fingerprint density at radius 2 is 1.79 bits per heavy atom. The van der Waals surface area contributed by atoms with Gasteiger partial charge in [0.25, 0.3) is 0 Å². The molecular formula is C21H23N5O2S. The number of pyridine rings is 1. The molecule has 29 heavy (non-hydrogen) atoms. The van der Waals surface area contributed by atoms with Crippen molar-refractivity contribution in [3.05, 3.63) is 54.4 Å². The molecule has 1 aromatic carbocycles. The smallest absolute Gasteiger partial charge is 0.226 e. The summed E-state index contributed by atoms with van der Waals surface area (Å²) in [5, 5.41) is 11.6. The van der Waals surface area contributed by atoms with E-state index in [0.717, 1.165) is 5.56 Å². The Morgan fingerprint density at radius 3 is 2.41 bits per heavy atom. The maximum absolute atomic E-state index is 12.8. The highest BCUT2D eigenvalue weighted by Crippen LogP contribution is 2.27. The van der Waals surface area contributed by atoms with Crippen LogP contribution in [0.3, 0.4) is 0 Å². The number of rotatable bonds is 7. The third-order valence-corrected chi connectivity index (χ3v) is 5.50. The molecule has 0 saturated heterocycles. The molecule has 0 saturated carbocycles. The maximum Gasteiger partial charge on any atom is 0.226 e. The lowest BCUT2D eigenvalue weighted by molar-refractivity contribution is -0.118. The molecule has 1 unspecified atom stereocenters. The van der Waals surface area contributed by atoms with E-state index in [1.807, 2.05) is 44.5 Å². The Hall–Kier alpha value is -3.00. The van der Waals surface area contributed by atoms with Gasteiger partial charge in [-0.1, -0.05) is 25.6 Å². The van der Waals surface area contributed by atoms with Crippen LogP contribution in [0.15, 0.2) is 53.9 Å². The third-order valence-electron chi connectivity index (χ3n) is 4.37. The van der Waals surface area contributed by atoms with Crippen LogP contribution in [0.4, 0.5) is 5.69 Å². The van der Waals surface area contributed by atoms with Gasteiger partial charge in [0.05, 0.1) is 5.25 Å². The molecule has 8 heteroatoms. The number of nitrogens with zero attached hydrogens (tertiary/aromatic N) is 4. The molecule has 0 aliphatic rings. The molecule has 0 aliphatic carbocycles. The Labute approximate surface area is 174 Å². The molecule has 2 heterocycles. The monoisotopic (exact) mass is 409 g/mol. The van der Waals surface area contributed by atoms with Crippen molar-refractivity contribution in [2.24, 2.45) is 13.0 Å². The molecule has 0 bridgehead atoms. The molecule has 150 valence electrons. The second-order valence-corrected chi connectivity index (χ2v) is 8.26. The minimum Gasteiger partial charge on any atom is -0.326 e. The molecule has 2 aromatic heterocycles. The van der Waals surface area contributed by atoms with E-state index >= 15 is 0 Å². The lowest BCUT2D eigenvalue weighted by Gasteiger charge is -2.11. The second kappa shape index (κ2) is 9.00. The van der Waals surface area contributed by atoms with E-state index < -0.39 is 0 Å². The summed E-state index contributed by atoms with van der Waals surface area (Å²) in [5.41, 5.74) is 2.13. The first-order valence-corrected chi connectivity index (χ1v) is 10.2. The van der Waals surface area contributed by atoms with E-state index in [0.29, 0.717) is 22.2 Å². The summed E-state index contributed by atoms with van der Waals surface area (Å²) in [6, 6.07) is 10.7. The summed E-state index contributed by atoms with van der Waals surface area (Å²) >= 11 is 1.36. The van der Waals surface area contributed by atoms with Crippen LogP contribution in [0.25, 0.3) is 11.4 Å². The number of carbonyl (C=O) groups excluding carboxylic acids is 2. The van der Waals surface area contributed by atoms with Crippen LogP contribution in [0.1, 0.15) is 31.1 Å². The number of hydrogen-bond donors (Lipinski definition) is 1. The van der Waals surface area contributed by atoms with Gasteiger partial charge in [0, 0.05) is 42.2 Å². The number of thioether (sulfide) groups is 1. The van der Waals surface area contributed by atoms with Gasteiger partial charge in [0.1, 0.15) is 0 Å². The van der Waals surface area contributed by atoms with Crippen molar-refractivity contribution in [3.8, 4) is 11.4 Å². The SMILES string of the molecule is CC(C)C(=O)Nc1ccc(C(=O)C(C)Sc2nnc(-c3cccnc3)n2C)cc1. The van der Waals surface area contributed by atoms with Crippen molar-refractivity contribution in [2.45, 2.75) is 31.2 Å². The Kier molecular flexibility index (Phi) is 6.43. The summed E-state index contributed by atoms with van der Waals surface area (Å²) in [6.45, 7) is 5.51. The van der Waals surface area contributed by atoms with Gasteiger partial charge in [-0.05, 0) is 43.3 Å². The van der Waals surface area contributed by atoms with Gasteiger partial charge in [-0.15, -0.1) is 10.2 Å². The topological polar surface area (TPSA) is 89.8 Å². The number of Topliss-reactive ketones (excluding diaryl/α,β-unsaturated/α-hetero) is 1. The number of carbonyl (C=O) groups is 2. The molecule has 1 amide bonds. The van der Waals surface area contributed by atoms with Crippen LogP contribution >= 0.6 is 11.8 Å². The number of nitrogens with one attached hydrogen (secondary N) is 1. The first-order valence-electron chi connectivity index (χ1n) is 9.28. The van der Waals surface area contributed by atoms with E-state index in [9.17, 15) is 9.59 Å². The van der Waals surface area contributed by atoms with Gasteiger partial charge in [-0.25, -0.2) is 0 Å². The van der Waals surface area contributed by atoms with Crippen LogP contribution in [-0.2, 0) is 11.8 Å². The highest BCUT2D eigenvalue weighted by Gasteiger charge is 2.21. The summed E-state index contributed by atoms with van der Waals surface area (Å²) in [5.74, 6) is 0.531. The quantitative estimate of drug-likeness (QED) is 0.471. The number of aromatic nitrogens is 4. The minimum absolute atomic E-state index is 0.0114. The minimum atomic E-state index is -0.337. The number of hydrogen-bond acceptors (Lipinski definition) is 6. The highest BCUT2D eigenvalue weighted by molar-refractivity contribution is 8.00. The molecule has 1 N–H and O–H groups in total. The fourth-order valence-corrected chi connectivity index (χ4v) is 3.51. The van der Waals surface area contributed by atoms with Crippen LogP contribution in [0.2, 0.25) is 0 Å². The molecule has 3 aromatic rings. The van der Waals surface area contributed by atoms with Crippen LogP contribution < -0.4 is 5.32 Å². The molecule has 0 fully saturated rings. The van der Waals surface area contributed by atoms with Gasteiger partial charge in [0.15, 0.2) is 16.8 Å². The maximum atomic E-state index is 12.8. The van der Waals surface area contributed by atoms with E-state index in [1.54, 1.807) is 36.7 Å². The van der Waals surface area contributed by atoms with Gasteiger partial charge < -0.3 is 9.88 Å². The van der Waals surface area contributed by atoms with Gasteiger partial charge in [-0.3, -0.25) is 14.6 Å². The van der Waals surface area contributed by atoms with E-state index in [4.69, 9.17) is 0 Å². The molecule has 0 spiro atoms. The average molecular weight is 410 g/mol. The predicted molar refractivity (Wildman–Crippen MR) is 114 cm³/mol. The summed E-state index contributed by atoms with van der Waals surface area (Å²) in [6.07, 6.45) is 3.43. The van der Waals surface area contributed by atoms with Crippen LogP contribution in [-0.4, -0.2) is 36.7 Å². The van der Waals surface area contributed by atoms with Crippen LogP contribution in [0, 0.1) is 5.92 Å². The first-order chi connectivity index (χ1) is 13.9. The fourth-order valence-electron chi connectivity index (χ4n) is 2.61. The van der Waals surface area contributed by atoms with E-state index in [1.165, 1.54) is 11.8 Å². The fraction of sp³-hybridized carbons (Fsp3) is 0.286. The van der Waals surface area contributed by atoms with E-state index in [-0.39, 0.29) is 22.9 Å². The first kappa shape index (κ1) is 20.7. The van der Waals surface area contributed by atoms with E-state index in [2.05, 4.69) is 20.5 Å². The third kappa shape index (κ3) is 4.89. The molecule has 1 atom stereocenters. The van der Waals surface area contributed by atoms with Crippen molar-refractivity contribution in [2.75, 3.05) is 5.32 Å². The largest absolute Gasteiger partial charge is 0.326 e. The Bertz CT molecular complexity index is 1000. The summed E-state index contributed by atoms with van der Waals surface area (Å²) < 4.78 is 1.86. The Balaban J connectivity index is 1.68. The van der Waals surface area contributed by atoms with Crippen molar-refractivity contribution < 1.29 is 9.59 Å². The van der Waals surface area contributed by atoms with Crippen molar-refractivity contribution in [1.29, 1.82) is 0 Å². The normalized spacial score (nSPS) is 12.0. The summed E-state index contributed by atoms with van der Waals surface area (Å²) in [7, 11) is 1.87. The molecule has 0 aliphatic heterocycles. The van der Waals surface area contributed by atoms with Gasteiger partial charge in [-0.2, -0.15) is 0 Å². The average Bonchev–Trinajstić information content (AvgIpc) is 3.08. The molecule has 3 rings (SSSR count). The number of benzene rings is 1. The zero-order chi connectivity index (χ0) is 21.0.